The lowest BCUT2D eigenvalue weighted by molar-refractivity contribution is 0.414. The molecule has 0 bridgehead atoms. The molecule has 0 saturated carbocycles. The second-order valence-electron chi connectivity index (χ2n) is 4.99. The molecule has 0 aromatic heterocycles. The summed E-state index contributed by atoms with van der Waals surface area (Å²) in [6.07, 6.45) is 0. The summed E-state index contributed by atoms with van der Waals surface area (Å²) in [6, 6.07) is 17.4. The first kappa shape index (κ1) is 15.9. The fourth-order valence-corrected chi connectivity index (χ4v) is 3.13. The molecule has 112 valence electrons. The van der Waals surface area contributed by atoms with E-state index in [1.165, 1.54) is 16.0 Å². The quantitative estimate of drug-likeness (QED) is 0.752. The summed E-state index contributed by atoms with van der Waals surface area (Å²) in [5.41, 5.74) is 2.62. The van der Waals surface area contributed by atoms with Crippen LogP contribution in [0.3, 0.4) is 0 Å². The minimum absolute atomic E-state index is 0.396. The van der Waals surface area contributed by atoms with Crippen LogP contribution in [0.25, 0.3) is 0 Å². The summed E-state index contributed by atoms with van der Waals surface area (Å²) in [6.45, 7) is 5.33. The maximum absolute atomic E-state index is 5.27. The summed E-state index contributed by atoms with van der Waals surface area (Å²) in [4.78, 5) is 1.31. The van der Waals surface area contributed by atoms with Gasteiger partial charge in [-0.15, -0.1) is 11.8 Å². The van der Waals surface area contributed by atoms with Crippen molar-refractivity contribution in [3.8, 4) is 5.75 Å². The van der Waals surface area contributed by atoms with E-state index < -0.39 is 0 Å². The van der Waals surface area contributed by atoms with E-state index in [-0.39, 0.29) is 0 Å². The van der Waals surface area contributed by atoms with Crippen LogP contribution in [-0.2, 0) is 5.75 Å². The van der Waals surface area contributed by atoms with E-state index in [2.05, 4.69) is 55.6 Å². The van der Waals surface area contributed by atoms with E-state index in [9.17, 15) is 0 Å². The molecule has 0 aliphatic carbocycles. The van der Waals surface area contributed by atoms with E-state index in [0.29, 0.717) is 6.04 Å². The van der Waals surface area contributed by atoms with Crippen LogP contribution in [0.4, 0.5) is 0 Å². The Labute approximate surface area is 131 Å². The molecule has 0 amide bonds. The Kier molecular flexibility index (Phi) is 6.15. The van der Waals surface area contributed by atoms with E-state index >= 15 is 0 Å². The van der Waals surface area contributed by atoms with E-state index in [4.69, 9.17) is 4.74 Å². The fourth-order valence-electron chi connectivity index (χ4n) is 2.23. The van der Waals surface area contributed by atoms with Crippen LogP contribution in [0, 0.1) is 0 Å². The van der Waals surface area contributed by atoms with Crippen molar-refractivity contribution < 1.29 is 4.74 Å². The standard InChI is InChI=1S/C18H23NOS/c1-4-19-14(2)16-8-6-10-18(12-16)21-13-15-7-5-9-17(11-15)20-3/h5-12,14,19H,4,13H2,1-3H3. The molecule has 0 spiro atoms. The van der Waals surface area contributed by atoms with Crippen LogP contribution in [0.1, 0.15) is 31.0 Å². The Morgan fingerprint density at radius 2 is 1.95 bits per heavy atom. The number of nitrogens with one attached hydrogen (secondary N) is 1. The van der Waals surface area contributed by atoms with Crippen molar-refractivity contribution in [1.82, 2.24) is 5.32 Å². The molecule has 2 rings (SSSR count). The number of hydrogen-bond donors (Lipinski definition) is 1. The third-order valence-electron chi connectivity index (χ3n) is 3.41. The zero-order chi connectivity index (χ0) is 15.1. The summed E-state index contributed by atoms with van der Waals surface area (Å²) >= 11 is 1.86. The molecule has 2 aromatic carbocycles. The average Bonchev–Trinajstić information content (AvgIpc) is 2.53. The van der Waals surface area contributed by atoms with Gasteiger partial charge in [0.15, 0.2) is 0 Å². The third kappa shape index (κ3) is 4.80. The highest BCUT2D eigenvalue weighted by atomic mass is 32.2. The maximum atomic E-state index is 5.27. The van der Waals surface area contributed by atoms with Gasteiger partial charge in [-0.2, -0.15) is 0 Å². The van der Waals surface area contributed by atoms with Crippen molar-refractivity contribution in [2.45, 2.75) is 30.5 Å². The number of hydrogen-bond acceptors (Lipinski definition) is 3. The first-order chi connectivity index (χ1) is 10.2. The molecule has 0 aliphatic rings. The van der Waals surface area contributed by atoms with Gasteiger partial charge in [0.1, 0.15) is 5.75 Å². The van der Waals surface area contributed by atoms with Gasteiger partial charge in [0.05, 0.1) is 7.11 Å². The average molecular weight is 301 g/mol. The van der Waals surface area contributed by atoms with Crippen LogP contribution < -0.4 is 10.1 Å². The van der Waals surface area contributed by atoms with Crippen molar-refractivity contribution in [3.05, 3.63) is 59.7 Å². The Morgan fingerprint density at radius 3 is 2.71 bits per heavy atom. The Morgan fingerprint density at radius 1 is 1.14 bits per heavy atom. The number of ether oxygens (including phenoxy) is 1. The molecule has 21 heavy (non-hydrogen) atoms. The van der Waals surface area contributed by atoms with Crippen LogP contribution in [0.5, 0.6) is 5.75 Å². The summed E-state index contributed by atoms with van der Waals surface area (Å²) in [5.74, 6) is 1.87. The number of benzene rings is 2. The van der Waals surface area contributed by atoms with Gasteiger partial charge < -0.3 is 10.1 Å². The summed E-state index contributed by atoms with van der Waals surface area (Å²) < 4.78 is 5.27. The SMILES string of the molecule is CCNC(C)c1cccc(SCc2cccc(OC)c2)c1. The summed E-state index contributed by atoms with van der Waals surface area (Å²) in [5, 5.41) is 3.45. The third-order valence-corrected chi connectivity index (χ3v) is 4.47. The minimum Gasteiger partial charge on any atom is -0.497 e. The molecule has 0 aliphatic heterocycles. The highest BCUT2D eigenvalue weighted by Gasteiger charge is 2.05. The van der Waals surface area contributed by atoms with E-state index in [0.717, 1.165) is 18.0 Å². The first-order valence-electron chi connectivity index (χ1n) is 7.32. The molecule has 0 radical (unpaired) electrons. The molecule has 2 nitrogen and oxygen atoms in total. The number of thioether (sulfide) groups is 1. The molecule has 1 atom stereocenters. The van der Waals surface area contributed by atoms with Gasteiger partial charge in [0.25, 0.3) is 0 Å². The zero-order valence-corrected chi connectivity index (χ0v) is 13.7. The van der Waals surface area contributed by atoms with Gasteiger partial charge in [0.2, 0.25) is 0 Å². The van der Waals surface area contributed by atoms with Gasteiger partial charge in [-0.05, 0) is 48.9 Å². The maximum Gasteiger partial charge on any atom is 0.119 e. The monoisotopic (exact) mass is 301 g/mol. The zero-order valence-electron chi connectivity index (χ0n) is 12.9. The lowest BCUT2D eigenvalue weighted by Gasteiger charge is -2.13. The Bertz CT molecular complexity index is 571. The summed E-state index contributed by atoms with van der Waals surface area (Å²) in [7, 11) is 1.71. The number of rotatable bonds is 7. The van der Waals surface area contributed by atoms with Crippen LogP contribution in [0.2, 0.25) is 0 Å². The van der Waals surface area contributed by atoms with E-state index in [1.54, 1.807) is 7.11 Å². The highest BCUT2D eigenvalue weighted by molar-refractivity contribution is 7.98. The normalized spacial score (nSPS) is 12.1. The predicted molar refractivity (Wildman–Crippen MR) is 91.1 cm³/mol. The van der Waals surface area contributed by atoms with Crippen molar-refractivity contribution in [3.63, 3.8) is 0 Å². The minimum atomic E-state index is 0.396. The Hall–Kier alpha value is -1.45. The van der Waals surface area contributed by atoms with Crippen LogP contribution >= 0.6 is 11.8 Å². The molecule has 1 N–H and O–H groups in total. The second-order valence-corrected chi connectivity index (χ2v) is 6.04. The van der Waals surface area contributed by atoms with Gasteiger partial charge in [-0.25, -0.2) is 0 Å². The van der Waals surface area contributed by atoms with Crippen molar-refractivity contribution in [2.75, 3.05) is 13.7 Å². The Balaban J connectivity index is 2.01. The first-order valence-corrected chi connectivity index (χ1v) is 8.30. The molecular weight excluding hydrogens is 278 g/mol. The van der Waals surface area contributed by atoms with Crippen molar-refractivity contribution >= 4 is 11.8 Å². The van der Waals surface area contributed by atoms with Gasteiger partial charge in [-0.1, -0.05) is 31.2 Å². The topological polar surface area (TPSA) is 21.3 Å². The van der Waals surface area contributed by atoms with Gasteiger partial charge >= 0.3 is 0 Å². The van der Waals surface area contributed by atoms with Crippen LogP contribution in [0.15, 0.2) is 53.4 Å². The smallest absolute Gasteiger partial charge is 0.119 e. The lowest BCUT2D eigenvalue weighted by atomic mass is 10.1. The molecule has 3 heteroatoms. The van der Waals surface area contributed by atoms with Crippen molar-refractivity contribution in [1.29, 1.82) is 0 Å². The molecule has 1 unspecified atom stereocenters. The predicted octanol–water partition coefficient (Wildman–Crippen LogP) is 4.66. The molecule has 0 fully saturated rings. The van der Waals surface area contributed by atoms with Crippen LogP contribution in [-0.4, -0.2) is 13.7 Å². The van der Waals surface area contributed by atoms with Gasteiger partial charge in [0, 0.05) is 16.7 Å². The van der Waals surface area contributed by atoms with Crippen molar-refractivity contribution in [2.24, 2.45) is 0 Å². The van der Waals surface area contributed by atoms with Gasteiger partial charge in [-0.3, -0.25) is 0 Å². The molecular formula is C18H23NOS. The van der Waals surface area contributed by atoms with E-state index in [1.807, 2.05) is 23.9 Å². The second kappa shape index (κ2) is 8.11. The fraction of sp³-hybridized carbons (Fsp3) is 0.333. The lowest BCUT2D eigenvalue weighted by Crippen LogP contribution is -2.17. The molecule has 0 saturated heterocycles. The largest absolute Gasteiger partial charge is 0.497 e. The number of methoxy groups -OCH3 is 1. The molecule has 0 heterocycles. The molecule has 2 aromatic rings. The highest BCUT2D eigenvalue weighted by Crippen LogP contribution is 2.26.